The number of hydrogen-bond acceptors (Lipinski definition) is 2. The molecule has 0 aliphatic heterocycles. The lowest BCUT2D eigenvalue weighted by molar-refractivity contribution is 0.469. The van der Waals surface area contributed by atoms with Gasteiger partial charge in [0, 0.05) is 11.5 Å². The first kappa shape index (κ1) is 8.65. The van der Waals surface area contributed by atoms with Gasteiger partial charge in [-0.25, -0.2) is 0 Å². The van der Waals surface area contributed by atoms with Crippen LogP contribution in [0, 0.1) is 0 Å². The Morgan fingerprint density at radius 1 is 1.58 bits per heavy atom. The van der Waals surface area contributed by atoms with Gasteiger partial charge in [-0.05, 0) is 6.07 Å². The summed E-state index contributed by atoms with van der Waals surface area (Å²) >= 11 is 0. The molecule has 1 aromatic carbocycles. The Hall–Kier alpha value is -1.44. The van der Waals surface area contributed by atoms with Crippen LogP contribution in [0.2, 0.25) is 0 Å². The van der Waals surface area contributed by atoms with E-state index in [1.165, 1.54) is 0 Å². The maximum absolute atomic E-state index is 9.53. The Morgan fingerprint density at radius 3 is 2.83 bits per heavy atom. The number of phenolic OH excluding ortho intramolecular Hbond substituents is 1. The van der Waals surface area contributed by atoms with E-state index >= 15 is 0 Å². The van der Waals surface area contributed by atoms with E-state index in [0.717, 1.165) is 5.56 Å². The molecule has 0 aromatic heterocycles. The molecule has 1 rings (SSSR count). The lowest BCUT2D eigenvalue weighted by Gasteiger charge is -2.09. The summed E-state index contributed by atoms with van der Waals surface area (Å²) in [6.07, 6.45) is 1.77. The van der Waals surface area contributed by atoms with E-state index in [1.54, 1.807) is 12.1 Å². The molecule has 1 unspecified atom stereocenters. The summed E-state index contributed by atoms with van der Waals surface area (Å²) in [4.78, 5) is 0. The highest BCUT2D eigenvalue weighted by molar-refractivity contribution is 5.57. The highest BCUT2D eigenvalue weighted by Gasteiger charge is 2.08. The summed E-state index contributed by atoms with van der Waals surface area (Å²) in [5.74, 6) is 0.304. The number of phenols is 1. The highest BCUT2D eigenvalue weighted by Crippen LogP contribution is 2.30. The van der Waals surface area contributed by atoms with E-state index in [2.05, 4.69) is 6.58 Å². The zero-order chi connectivity index (χ0) is 9.14. The van der Waals surface area contributed by atoms with Crippen LogP contribution in [0.15, 0.2) is 30.9 Å². The standard InChI is InChI=1S/C10H13NO/c1-3-7(2)8-5-4-6-9(11)10(8)12/h3-7,12H,1,11H2,2H3. The first-order chi connectivity index (χ1) is 5.66. The quantitative estimate of drug-likeness (QED) is 0.399. The van der Waals surface area contributed by atoms with E-state index in [0.29, 0.717) is 5.69 Å². The molecule has 2 nitrogen and oxygen atoms in total. The molecule has 64 valence electrons. The van der Waals surface area contributed by atoms with Crippen LogP contribution in [-0.2, 0) is 0 Å². The largest absolute Gasteiger partial charge is 0.505 e. The van der Waals surface area contributed by atoms with Gasteiger partial charge >= 0.3 is 0 Å². The average Bonchev–Trinajstić information content (AvgIpc) is 2.08. The Kier molecular flexibility index (Phi) is 2.38. The van der Waals surface area contributed by atoms with E-state index in [4.69, 9.17) is 5.73 Å². The number of hydrogen-bond donors (Lipinski definition) is 2. The van der Waals surface area contributed by atoms with Crippen LogP contribution in [0.5, 0.6) is 5.75 Å². The molecular formula is C10H13NO. The summed E-state index contributed by atoms with van der Waals surface area (Å²) in [7, 11) is 0. The number of rotatable bonds is 2. The third-order valence-corrected chi connectivity index (χ3v) is 1.94. The van der Waals surface area contributed by atoms with Gasteiger partial charge in [0.1, 0.15) is 5.75 Å². The third kappa shape index (κ3) is 1.42. The Morgan fingerprint density at radius 2 is 2.25 bits per heavy atom. The fourth-order valence-electron chi connectivity index (χ4n) is 1.07. The Balaban J connectivity index is 3.15. The van der Waals surface area contributed by atoms with Crippen molar-refractivity contribution in [3.8, 4) is 5.75 Å². The fraction of sp³-hybridized carbons (Fsp3) is 0.200. The summed E-state index contributed by atoms with van der Waals surface area (Å²) in [5, 5.41) is 9.53. The van der Waals surface area contributed by atoms with Gasteiger partial charge in [-0.1, -0.05) is 25.1 Å². The van der Waals surface area contributed by atoms with E-state index in [-0.39, 0.29) is 11.7 Å². The summed E-state index contributed by atoms with van der Waals surface area (Å²) in [6, 6.07) is 5.34. The van der Waals surface area contributed by atoms with Crippen molar-refractivity contribution in [1.29, 1.82) is 0 Å². The van der Waals surface area contributed by atoms with Crippen molar-refractivity contribution in [2.24, 2.45) is 0 Å². The summed E-state index contributed by atoms with van der Waals surface area (Å²) in [5.41, 5.74) is 6.77. The van der Waals surface area contributed by atoms with Crippen molar-refractivity contribution >= 4 is 5.69 Å². The topological polar surface area (TPSA) is 46.2 Å². The van der Waals surface area contributed by atoms with Crippen molar-refractivity contribution in [3.05, 3.63) is 36.4 Å². The molecule has 12 heavy (non-hydrogen) atoms. The van der Waals surface area contributed by atoms with Gasteiger partial charge < -0.3 is 10.8 Å². The maximum Gasteiger partial charge on any atom is 0.142 e. The van der Waals surface area contributed by atoms with Gasteiger partial charge in [-0.2, -0.15) is 0 Å². The summed E-state index contributed by atoms with van der Waals surface area (Å²) < 4.78 is 0. The van der Waals surface area contributed by atoms with Crippen molar-refractivity contribution in [1.82, 2.24) is 0 Å². The number of nitrogens with two attached hydrogens (primary N) is 1. The van der Waals surface area contributed by atoms with Crippen molar-refractivity contribution < 1.29 is 5.11 Å². The molecule has 2 heteroatoms. The molecule has 0 saturated carbocycles. The van der Waals surface area contributed by atoms with Crippen LogP contribution in [0.1, 0.15) is 18.4 Å². The van der Waals surface area contributed by atoms with Gasteiger partial charge in [-0.15, -0.1) is 6.58 Å². The van der Waals surface area contributed by atoms with Crippen LogP contribution in [-0.4, -0.2) is 5.11 Å². The molecule has 0 aliphatic carbocycles. The SMILES string of the molecule is C=CC(C)c1cccc(N)c1O. The zero-order valence-electron chi connectivity index (χ0n) is 7.12. The fourth-order valence-corrected chi connectivity index (χ4v) is 1.07. The van der Waals surface area contributed by atoms with Crippen molar-refractivity contribution in [2.75, 3.05) is 5.73 Å². The number of anilines is 1. The van der Waals surface area contributed by atoms with Crippen molar-refractivity contribution in [2.45, 2.75) is 12.8 Å². The Labute approximate surface area is 72.3 Å². The predicted molar refractivity (Wildman–Crippen MR) is 51.1 cm³/mol. The average molecular weight is 163 g/mol. The number of allylic oxidation sites excluding steroid dienone is 1. The van der Waals surface area contributed by atoms with Crippen LogP contribution in [0.3, 0.4) is 0 Å². The lowest BCUT2D eigenvalue weighted by atomic mass is 10.00. The molecule has 0 radical (unpaired) electrons. The van der Waals surface area contributed by atoms with Crippen molar-refractivity contribution in [3.63, 3.8) is 0 Å². The Bertz CT molecular complexity index is 294. The monoisotopic (exact) mass is 163 g/mol. The molecule has 1 atom stereocenters. The first-order valence-electron chi connectivity index (χ1n) is 3.86. The predicted octanol–water partition coefficient (Wildman–Crippen LogP) is 2.26. The van der Waals surface area contributed by atoms with Gasteiger partial charge in [0.25, 0.3) is 0 Å². The van der Waals surface area contributed by atoms with Crippen LogP contribution in [0.25, 0.3) is 0 Å². The number of para-hydroxylation sites is 1. The minimum atomic E-state index is 0.133. The maximum atomic E-state index is 9.53. The molecule has 0 fully saturated rings. The zero-order valence-corrected chi connectivity index (χ0v) is 7.12. The minimum Gasteiger partial charge on any atom is -0.505 e. The normalized spacial score (nSPS) is 12.4. The molecule has 3 N–H and O–H groups in total. The minimum absolute atomic E-state index is 0.133. The second-order valence-electron chi connectivity index (χ2n) is 2.81. The molecule has 0 heterocycles. The van der Waals surface area contributed by atoms with E-state index in [9.17, 15) is 5.11 Å². The molecule has 1 aromatic rings. The van der Waals surface area contributed by atoms with E-state index < -0.39 is 0 Å². The lowest BCUT2D eigenvalue weighted by Crippen LogP contribution is -1.93. The number of benzene rings is 1. The molecule has 0 spiro atoms. The molecule has 0 bridgehead atoms. The van der Waals surface area contributed by atoms with Crippen LogP contribution >= 0.6 is 0 Å². The summed E-state index contributed by atoms with van der Waals surface area (Å²) in [6.45, 7) is 5.62. The second-order valence-corrected chi connectivity index (χ2v) is 2.81. The second kappa shape index (κ2) is 3.30. The van der Waals surface area contributed by atoms with Crippen LogP contribution < -0.4 is 5.73 Å². The smallest absolute Gasteiger partial charge is 0.142 e. The molecular weight excluding hydrogens is 150 g/mol. The van der Waals surface area contributed by atoms with Crippen LogP contribution in [0.4, 0.5) is 5.69 Å². The molecule has 0 saturated heterocycles. The number of aromatic hydroxyl groups is 1. The third-order valence-electron chi connectivity index (χ3n) is 1.94. The first-order valence-corrected chi connectivity index (χ1v) is 3.86. The van der Waals surface area contributed by atoms with Gasteiger partial charge in [0.05, 0.1) is 5.69 Å². The van der Waals surface area contributed by atoms with E-state index in [1.807, 2.05) is 19.1 Å². The van der Waals surface area contributed by atoms with Gasteiger partial charge in [-0.3, -0.25) is 0 Å². The highest BCUT2D eigenvalue weighted by atomic mass is 16.3. The number of nitrogen functional groups attached to an aromatic ring is 1. The van der Waals surface area contributed by atoms with Gasteiger partial charge in [0.15, 0.2) is 0 Å². The molecule has 0 aliphatic rings. The van der Waals surface area contributed by atoms with Gasteiger partial charge in [0.2, 0.25) is 0 Å². The molecule has 0 amide bonds.